The van der Waals surface area contributed by atoms with Crippen molar-refractivity contribution in [2.45, 2.75) is 25.9 Å². The maximum absolute atomic E-state index is 12.5. The molecule has 1 aliphatic rings. The normalized spacial score (nSPS) is 19.1. The van der Waals surface area contributed by atoms with E-state index in [4.69, 9.17) is 4.74 Å². The van der Waals surface area contributed by atoms with Crippen molar-refractivity contribution in [1.82, 2.24) is 0 Å². The number of hydrogen-bond donors (Lipinski definition) is 0. The largest absolute Gasteiger partial charge is 0.461 e. The lowest BCUT2D eigenvalue weighted by atomic mass is 9.83. The van der Waals surface area contributed by atoms with Gasteiger partial charge in [-0.1, -0.05) is 70.5 Å². The first-order valence-electron chi connectivity index (χ1n) is 8.78. The number of carbonyl (C=O) groups excluding carboxylic acids is 2. The molecular formula is C22H21BrO3. The summed E-state index contributed by atoms with van der Waals surface area (Å²) in [4.78, 5) is 24.9. The molecule has 0 saturated heterocycles. The van der Waals surface area contributed by atoms with Gasteiger partial charge in [-0.15, -0.1) is 0 Å². The Kier molecular flexibility index (Phi) is 6.40. The maximum Gasteiger partial charge on any atom is 0.309 e. The summed E-state index contributed by atoms with van der Waals surface area (Å²) in [6.45, 7) is 0.293. The van der Waals surface area contributed by atoms with E-state index in [2.05, 4.69) is 22.0 Å². The highest BCUT2D eigenvalue weighted by atomic mass is 79.9. The summed E-state index contributed by atoms with van der Waals surface area (Å²) in [6.07, 6.45) is 5.79. The first kappa shape index (κ1) is 18.6. The van der Waals surface area contributed by atoms with Crippen LogP contribution in [0.15, 0.2) is 71.2 Å². The van der Waals surface area contributed by atoms with Gasteiger partial charge < -0.3 is 4.74 Å². The number of ketones is 1. The lowest BCUT2D eigenvalue weighted by Gasteiger charge is -2.23. The van der Waals surface area contributed by atoms with Gasteiger partial charge in [0, 0.05) is 16.5 Å². The van der Waals surface area contributed by atoms with Crippen molar-refractivity contribution in [3.8, 4) is 0 Å². The van der Waals surface area contributed by atoms with Crippen LogP contribution in [0.5, 0.6) is 0 Å². The molecule has 134 valence electrons. The third-order valence-electron chi connectivity index (χ3n) is 4.57. The van der Waals surface area contributed by atoms with E-state index in [9.17, 15) is 9.59 Å². The van der Waals surface area contributed by atoms with Crippen LogP contribution in [0, 0.1) is 11.8 Å². The van der Waals surface area contributed by atoms with Crippen LogP contribution in [-0.4, -0.2) is 11.8 Å². The summed E-state index contributed by atoms with van der Waals surface area (Å²) in [5, 5.41) is 0. The van der Waals surface area contributed by atoms with Crippen molar-refractivity contribution in [2.24, 2.45) is 11.8 Å². The zero-order valence-electron chi connectivity index (χ0n) is 14.4. The average Bonchev–Trinajstić information content (AvgIpc) is 2.67. The van der Waals surface area contributed by atoms with E-state index in [1.54, 1.807) is 0 Å². The number of ether oxygens (including phenoxy) is 1. The van der Waals surface area contributed by atoms with Crippen molar-refractivity contribution in [3.05, 3.63) is 82.3 Å². The van der Waals surface area contributed by atoms with Crippen molar-refractivity contribution < 1.29 is 14.3 Å². The van der Waals surface area contributed by atoms with Crippen molar-refractivity contribution in [3.63, 3.8) is 0 Å². The van der Waals surface area contributed by atoms with Gasteiger partial charge in [-0.05, 0) is 36.5 Å². The van der Waals surface area contributed by atoms with Crippen LogP contribution in [0.1, 0.15) is 35.2 Å². The first-order chi connectivity index (χ1) is 12.6. The van der Waals surface area contributed by atoms with E-state index in [0.717, 1.165) is 10.0 Å². The predicted molar refractivity (Wildman–Crippen MR) is 105 cm³/mol. The highest BCUT2D eigenvalue weighted by molar-refractivity contribution is 9.10. The minimum atomic E-state index is -0.182. The lowest BCUT2D eigenvalue weighted by molar-refractivity contribution is -0.150. The van der Waals surface area contributed by atoms with E-state index >= 15 is 0 Å². The molecule has 3 nitrogen and oxygen atoms in total. The number of rotatable bonds is 6. The van der Waals surface area contributed by atoms with Crippen molar-refractivity contribution in [2.75, 3.05) is 0 Å². The first-order valence-corrected chi connectivity index (χ1v) is 9.57. The number of hydrogen-bond acceptors (Lipinski definition) is 3. The quantitative estimate of drug-likeness (QED) is 0.364. The van der Waals surface area contributed by atoms with Gasteiger partial charge in [0.05, 0.1) is 5.92 Å². The molecule has 0 spiro atoms. The molecule has 0 bridgehead atoms. The van der Waals surface area contributed by atoms with E-state index in [0.29, 0.717) is 31.4 Å². The zero-order chi connectivity index (χ0) is 18.4. The van der Waals surface area contributed by atoms with E-state index in [1.165, 1.54) is 0 Å². The SMILES string of the molecule is O=C(CC1C=CC[C@@H](C(=O)OCc2ccccc2)C1)c1cccc(Br)c1. The van der Waals surface area contributed by atoms with Crippen molar-refractivity contribution in [1.29, 1.82) is 0 Å². The molecule has 0 heterocycles. The second-order valence-electron chi connectivity index (χ2n) is 6.59. The van der Waals surface area contributed by atoms with Crippen LogP contribution < -0.4 is 0 Å². The molecule has 0 amide bonds. The Bertz CT molecular complexity index is 798. The van der Waals surface area contributed by atoms with Gasteiger partial charge >= 0.3 is 5.97 Å². The monoisotopic (exact) mass is 412 g/mol. The Morgan fingerprint density at radius 2 is 1.88 bits per heavy atom. The number of halogens is 1. The molecule has 3 rings (SSSR count). The summed E-state index contributed by atoms with van der Waals surface area (Å²) >= 11 is 3.39. The molecule has 1 aliphatic carbocycles. The summed E-state index contributed by atoms with van der Waals surface area (Å²) in [5.74, 6) is -0.189. The van der Waals surface area contributed by atoms with Crippen molar-refractivity contribution >= 4 is 27.7 Å². The average molecular weight is 413 g/mol. The molecule has 0 aromatic heterocycles. The minimum absolute atomic E-state index is 0.0736. The molecule has 2 aromatic carbocycles. The molecule has 0 saturated carbocycles. The fourth-order valence-corrected chi connectivity index (χ4v) is 3.58. The smallest absolute Gasteiger partial charge is 0.309 e. The number of benzene rings is 2. The predicted octanol–water partition coefficient (Wildman–Crippen LogP) is 5.35. The van der Waals surface area contributed by atoms with Gasteiger partial charge in [-0.3, -0.25) is 9.59 Å². The summed E-state index contributed by atoms with van der Waals surface area (Å²) in [6, 6.07) is 17.1. The van der Waals surface area contributed by atoms with Gasteiger partial charge in [0.15, 0.2) is 5.78 Å². The number of allylic oxidation sites excluding steroid dienone is 2. The van der Waals surface area contributed by atoms with Crippen LogP contribution in [-0.2, 0) is 16.1 Å². The second-order valence-corrected chi connectivity index (χ2v) is 7.50. The van der Waals surface area contributed by atoms with Gasteiger partial charge in [-0.25, -0.2) is 0 Å². The fourth-order valence-electron chi connectivity index (χ4n) is 3.18. The van der Waals surface area contributed by atoms with Gasteiger partial charge in [0.1, 0.15) is 6.61 Å². The zero-order valence-corrected chi connectivity index (χ0v) is 16.0. The Balaban J connectivity index is 1.53. The number of esters is 1. The molecule has 2 atom stereocenters. The van der Waals surface area contributed by atoms with Crippen LogP contribution in [0.2, 0.25) is 0 Å². The number of Topliss-reactive ketones (excluding diaryl/α,β-unsaturated/α-hetero) is 1. The highest BCUT2D eigenvalue weighted by Crippen LogP contribution is 2.28. The number of carbonyl (C=O) groups is 2. The van der Waals surface area contributed by atoms with Gasteiger partial charge in [0.25, 0.3) is 0 Å². The van der Waals surface area contributed by atoms with E-state index < -0.39 is 0 Å². The van der Waals surface area contributed by atoms with Gasteiger partial charge in [0.2, 0.25) is 0 Å². The van der Waals surface area contributed by atoms with Crippen LogP contribution in [0.4, 0.5) is 0 Å². The Hall–Kier alpha value is -2.20. The molecular weight excluding hydrogens is 392 g/mol. The third-order valence-corrected chi connectivity index (χ3v) is 5.06. The molecule has 1 unspecified atom stereocenters. The lowest BCUT2D eigenvalue weighted by Crippen LogP contribution is -2.23. The molecule has 4 heteroatoms. The molecule has 0 N–H and O–H groups in total. The van der Waals surface area contributed by atoms with E-state index in [1.807, 2.05) is 60.7 Å². The highest BCUT2D eigenvalue weighted by Gasteiger charge is 2.27. The minimum Gasteiger partial charge on any atom is -0.461 e. The van der Waals surface area contributed by atoms with Gasteiger partial charge in [-0.2, -0.15) is 0 Å². The molecule has 0 radical (unpaired) electrons. The molecule has 26 heavy (non-hydrogen) atoms. The molecule has 2 aromatic rings. The molecule has 0 aliphatic heterocycles. The maximum atomic E-state index is 12.5. The third kappa shape index (κ3) is 5.15. The van der Waals surface area contributed by atoms with Crippen LogP contribution in [0.25, 0.3) is 0 Å². The standard InChI is InChI=1S/C22H21BrO3/c23-20-11-5-9-18(14-20)21(24)13-17-8-4-10-19(12-17)22(25)26-15-16-6-2-1-3-7-16/h1-9,11,14,17,19H,10,12-13,15H2/t17?,19-/m1/s1. The topological polar surface area (TPSA) is 43.4 Å². The summed E-state index contributed by atoms with van der Waals surface area (Å²) in [5.41, 5.74) is 1.68. The van der Waals surface area contributed by atoms with E-state index in [-0.39, 0.29) is 23.6 Å². The Labute approximate surface area is 162 Å². The second kappa shape index (κ2) is 8.95. The summed E-state index contributed by atoms with van der Waals surface area (Å²) < 4.78 is 6.35. The van der Waals surface area contributed by atoms with Crippen LogP contribution in [0.3, 0.4) is 0 Å². The fraction of sp³-hybridized carbons (Fsp3) is 0.273. The van der Waals surface area contributed by atoms with Crippen LogP contribution >= 0.6 is 15.9 Å². The Morgan fingerprint density at radius 1 is 1.08 bits per heavy atom. The summed E-state index contributed by atoms with van der Waals surface area (Å²) in [7, 11) is 0. The Morgan fingerprint density at radius 3 is 2.65 bits per heavy atom. The molecule has 0 fully saturated rings.